The molecule has 0 aliphatic carbocycles. The van der Waals surface area contributed by atoms with Gasteiger partial charge in [0.25, 0.3) is 0 Å². The Labute approximate surface area is 103 Å². The van der Waals surface area contributed by atoms with Crippen molar-refractivity contribution >= 4 is 0 Å². The van der Waals surface area contributed by atoms with Crippen LogP contribution in [0, 0.1) is 12.8 Å². The van der Waals surface area contributed by atoms with Gasteiger partial charge in [-0.2, -0.15) is 0 Å². The Kier molecular flexibility index (Phi) is 4.02. The van der Waals surface area contributed by atoms with E-state index >= 15 is 0 Å². The predicted octanol–water partition coefficient (Wildman–Crippen LogP) is 1.82. The summed E-state index contributed by atoms with van der Waals surface area (Å²) in [4.78, 5) is 2.39. The van der Waals surface area contributed by atoms with E-state index < -0.39 is 0 Å². The Hall–Kier alpha value is -1.06. The normalized spacial score (nSPS) is 20.8. The highest BCUT2D eigenvalue weighted by Crippen LogP contribution is 2.24. The lowest BCUT2D eigenvalue weighted by atomic mass is 10.1. The molecule has 3 heteroatoms. The van der Waals surface area contributed by atoms with Gasteiger partial charge in [-0.15, -0.1) is 0 Å². The van der Waals surface area contributed by atoms with Crippen LogP contribution in [0.3, 0.4) is 0 Å². The summed E-state index contributed by atoms with van der Waals surface area (Å²) in [6.07, 6.45) is 1.10. The zero-order valence-corrected chi connectivity index (χ0v) is 10.6. The number of ether oxygens (including phenoxy) is 1. The van der Waals surface area contributed by atoms with Crippen molar-refractivity contribution in [3.63, 3.8) is 0 Å². The Balaban J connectivity index is 2.05. The van der Waals surface area contributed by atoms with Crippen LogP contribution in [0.25, 0.3) is 0 Å². The molecule has 1 unspecified atom stereocenters. The average molecular weight is 235 g/mol. The van der Waals surface area contributed by atoms with Crippen LogP contribution in [0.5, 0.6) is 5.75 Å². The van der Waals surface area contributed by atoms with E-state index in [0.29, 0.717) is 12.5 Å². The highest BCUT2D eigenvalue weighted by atomic mass is 16.5. The van der Waals surface area contributed by atoms with Crippen LogP contribution in [0.1, 0.15) is 17.5 Å². The summed E-state index contributed by atoms with van der Waals surface area (Å²) < 4.78 is 5.39. The van der Waals surface area contributed by atoms with Gasteiger partial charge in [-0.05, 0) is 31.9 Å². The topological polar surface area (TPSA) is 32.7 Å². The molecule has 94 valence electrons. The Morgan fingerprint density at radius 3 is 2.94 bits per heavy atom. The van der Waals surface area contributed by atoms with Crippen molar-refractivity contribution in [1.29, 1.82) is 0 Å². The van der Waals surface area contributed by atoms with Crippen LogP contribution in [0.4, 0.5) is 0 Å². The summed E-state index contributed by atoms with van der Waals surface area (Å²) >= 11 is 0. The average Bonchev–Trinajstić information content (AvgIpc) is 2.77. The zero-order chi connectivity index (χ0) is 12.3. The second-order valence-electron chi connectivity index (χ2n) is 4.89. The van der Waals surface area contributed by atoms with Gasteiger partial charge in [0.2, 0.25) is 0 Å². The Morgan fingerprint density at radius 1 is 1.47 bits per heavy atom. The second-order valence-corrected chi connectivity index (χ2v) is 4.89. The largest absolute Gasteiger partial charge is 0.496 e. The molecule has 1 aromatic carbocycles. The van der Waals surface area contributed by atoms with Gasteiger partial charge in [0.1, 0.15) is 5.75 Å². The minimum absolute atomic E-state index is 0.307. The van der Waals surface area contributed by atoms with Crippen LogP contribution in [-0.2, 0) is 6.54 Å². The standard InChI is InChI=1S/C14H21NO2/c1-11-3-4-14(17-2)13(7-11)9-15-6-5-12(8-15)10-16/h3-4,7,12,16H,5-6,8-10H2,1-2H3. The van der Waals surface area contributed by atoms with Gasteiger partial charge in [-0.3, -0.25) is 4.90 Å². The number of likely N-dealkylation sites (tertiary alicyclic amines) is 1. The van der Waals surface area contributed by atoms with Gasteiger partial charge >= 0.3 is 0 Å². The molecule has 0 saturated carbocycles. The van der Waals surface area contributed by atoms with E-state index in [1.54, 1.807) is 7.11 Å². The summed E-state index contributed by atoms with van der Waals surface area (Å²) in [7, 11) is 1.72. The molecule has 0 spiro atoms. The maximum Gasteiger partial charge on any atom is 0.123 e. The maximum atomic E-state index is 9.14. The van der Waals surface area contributed by atoms with E-state index in [-0.39, 0.29) is 0 Å². The first kappa shape index (κ1) is 12.4. The first-order valence-electron chi connectivity index (χ1n) is 6.19. The van der Waals surface area contributed by atoms with Gasteiger partial charge < -0.3 is 9.84 Å². The van der Waals surface area contributed by atoms with E-state index in [1.165, 1.54) is 11.1 Å². The molecule has 0 bridgehead atoms. The van der Waals surface area contributed by atoms with Gasteiger partial charge in [-0.1, -0.05) is 17.7 Å². The van der Waals surface area contributed by atoms with Gasteiger partial charge in [-0.25, -0.2) is 0 Å². The van der Waals surface area contributed by atoms with Crippen molar-refractivity contribution in [2.45, 2.75) is 19.9 Å². The summed E-state index contributed by atoms with van der Waals surface area (Å²) in [6, 6.07) is 6.29. The minimum atomic E-state index is 0.307. The molecule has 0 radical (unpaired) electrons. The number of hydrogen-bond acceptors (Lipinski definition) is 3. The number of aliphatic hydroxyl groups excluding tert-OH is 1. The van der Waals surface area contributed by atoms with Crippen molar-refractivity contribution in [3.05, 3.63) is 29.3 Å². The molecule has 3 nitrogen and oxygen atoms in total. The van der Waals surface area contributed by atoms with Crippen LogP contribution < -0.4 is 4.74 Å². The fraction of sp³-hybridized carbons (Fsp3) is 0.571. The number of aliphatic hydroxyl groups is 1. The molecule has 17 heavy (non-hydrogen) atoms. The van der Waals surface area contributed by atoms with E-state index in [1.807, 2.05) is 6.07 Å². The molecular weight excluding hydrogens is 214 g/mol. The first-order valence-corrected chi connectivity index (χ1v) is 6.19. The molecule has 1 aromatic rings. The minimum Gasteiger partial charge on any atom is -0.496 e. The summed E-state index contributed by atoms with van der Waals surface area (Å²) in [5, 5.41) is 9.14. The predicted molar refractivity (Wildman–Crippen MR) is 68.2 cm³/mol. The Bertz CT molecular complexity index is 378. The first-order chi connectivity index (χ1) is 8.22. The van der Waals surface area contributed by atoms with Gasteiger partial charge in [0.15, 0.2) is 0 Å². The summed E-state index contributed by atoms with van der Waals surface area (Å²) in [5.74, 6) is 1.41. The quantitative estimate of drug-likeness (QED) is 0.864. The Morgan fingerprint density at radius 2 is 2.29 bits per heavy atom. The summed E-state index contributed by atoms with van der Waals surface area (Å²) in [5.41, 5.74) is 2.50. The molecule has 1 fully saturated rings. The molecule has 0 amide bonds. The van der Waals surface area contributed by atoms with Crippen molar-refractivity contribution in [3.8, 4) is 5.75 Å². The molecule has 1 aliphatic heterocycles. The van der Waals surface area contributed by atoms with Crippen LogP contribution in [-0.4, -0.2) is 36.8 Å². The number of rotatable bonds is 4. The lowest BCUT2D eigenvalue weighted by Gasteiger charge is -2.18. The molecule has 0 aromatic heterocycles. The molecular formula is C14H21NO2. The molecule has 1 N–H and O–H groups in total. The molecule has 1 atom stereocenters. The fourth-order valence-corrected chi connectivity index (χ4v) is 2.48. The lowest BCUT2D eigenvalue weighted by Crippen LogP contribution is -2.21. The smallest absolute Gasteiger partial charge is 0.123 e. The maximum absolute atomic E-state index is 9.14. The summed E-state index contributed by atoms with van der Waals surface area (Å²) in [6.45, 7) is 5.39. The number of hydrogen-bond donors (Lipinski definition) is 1. The highest BCUT2D eigenvalue weighted by molar-refractivity contribution is 5.36. The van der Waals surface area contributed by atoms with Crippen molar-refractivity contribution in [2.75, 3.05) is 26.8 Å². The van der Waals surface area contributed by atoms with Crippen molar-refractivity contribution in [1.82, 2.24) is 4.90 Å². The number of nitrogens with zero attached hydrogens (tertiary/aromatic N) is 1. The zero-order valence-electron chi connectivity index (χ0n) is 10.6. The van der Waals surface area contributed by atoms with Gasteiger partial charge in [0.05, 0.1) is 7.11 Å². The van der Waals surface area contributed by atoms with Crippen molar-refractivity contribution < 1.29 is 9.84 Å². The monoisotopic (exact) mass is 235 g/mol. The number of benzene rings is 1. The fourth-order valence-electron chi connectivity index (χ4n) is 2.48. The molecule has 1 heterocycles. The molecule has 1 saturated heterocycles. The third kappa shape index (κ3) is 2.99. The van der Waals surface area contributed by atoms with Crippen molar-refractivity contribution in [2.24, 2.45) is 5.92 Å². The number of methoxy groups -OCH3 is 1. The molecule has 1 aliphatic rings. The second kappa shape index (κ2) is 5.52. The number of aryl methyl sites for hydroxylation is 1. The van der Waals surface area contributed by atoms with Gasteiger partial charge in [0, 0.05) is 25.3 Å². The molecule has 2 rings (SSSR count). The third-order valence-electron chi connectivity index (χ3n) is 3.46. The van der Waals surface area contributed by atoms with E-state index in [0.717, 1.165) is 31.8 Å². The lowest BCUT2D eigenvalue weighted by molar-refractivity contribution is 0.219. The van der Waals surface area contributed by atoms with E-state index in [9.17, 15) is 0 Å². The van der Waals surface area contributed by atoms with E-state index in [2.05, 4.69) is 24.0 Å². The van der Waals surface area contributed by atoms with Crippen LogP contribution >= 0.6 is 0 Å². The SMILES string of the molecule is COc1ccc(C)cc1CN1CCC(CO)C1. The van der Waals surface area contributed by atoms with Crippen LogP contribution in [0.2, 0.25) is 0 Å². The third-order valence-corrected chi connectivity index (χ3v) is 3.46. The highest BCUT2D eigenvalue weighted by Gasteiger charge is 2.22. The van der Waals surface area contributed by atoms with Crippen LogP contribution in [0.15, 0.2) is 18.2 Å². The van der Waals surface area contributed by atoms with E-state index in [4.69, 9.17) is 9.84 Å².